The summed E-state index contributed by atoms with van der Waals surface area (Å²) in [5.74, 6) is 0.754. The molecule has 3 rings (SSSR count). The van der Waals surface area contributed by atoms with Gasteiger partial charge in [-0.15, -0.1) is 9.24 Å². The van der Waals surface area contributed by atoms with Crippen LogP contribution in [0.5, 0.6) is 0 Å². The summed E-state index contributed by atoms with van der Waals surface area (Å²) in [5.41, 5.74) is 3.83. The molecule has 0 aliphatic rings. The molecule has 9 heteroatoms. The number of aryl methyl sites for hydroxylation is 1. The van der Waals surface area contributed by atoms with Gasteiger partial charge in [-0.3, -0.25) is 13.9 Å². The van der Waals surface area contributed by atoms with Gasteiger partial charge in [0.15, 0.2) is 0 Å². The molecule has 27 heavy (non-hydrogen) atoms. The maximum absolute atomic E-state index is 11.4. The van der Waals surface area contributed by atoms with Gasteiger partial charge in [-0.05, 0) is 42.8 Å². The normalized spacial score (nSPS) is 12.2. The van der Waals surface area contributed by atoms with Crippen molar-refractivity contribution in [3.8, 4) is 17.1 Å². The van der Waals surface area contributed by atoms with Crippen molar-refractivity contribution in [3.63, 3.8) is 0 Å². The summed E-state index contributed by atoms with van der Waals surface area (Å²) < 4.78 is 34.3. The SMILES string of the molecule is CF.Cc1cncc(-c2nc(C(C)P)cn2-c2ccc(S(N)(=O)=O)cc2)c1. The Labute approximate surface area is 160 Å². The molecule has 2 N–H and O–H groups in total. The first-order valence-corrected chi connectivity index (χ1v) is 10.2. The fraction of sp³-hybridized carbons (Fsp3) is 0.222. The number of hydrogen-bond donors (Lipinski definition) is 1. The van der Waals surface area contributed by atoms with Crippen LogP contribution in [0.4, 0.5) is 4.39 Å². The second-order valence-corrected chi connectivity index (χ2v) is 8.50. The van der Waals surface area contributed by atoms with E-state index in [0.717, 1.165) is 28.3 Å². The smallest absolute Gasteiger partial charge is 0.238 e. The van der Waals surface area contributed by atoms with E-state index in [0.29, 0.717) is 7.18 Å². The van der Waals surface area contributed by atoms with Crippen LogP contribution in [0.25, 0.3) is 17.1 Å². The van der Waals surface area contributed by atoms with E-state index in [1.807, 2.05) is 30.7 Å². The number of imidazole rings is 1. The van der Waals surface area contributed by atoms with Crippen LogP contribution in [0.15, 0.2) is 53.8 Å². The maximum atomic E-state index is 11.4. The molecule has 1 aromatic carbocycles. The lowest BCUT2D eigenvalue weighted by Gasteiger charge is -2.09. The van der Waals surface area contributed by atoms with Gasteiger partial charge in [0.05, 0.1) is 17.8 Å². The fourth-order valence-electron chi connectivity index (χ4n) is 2.49. The largest absolute Gasteiger partial charge is 0.299 e. The average Bonchev–Trinajstić information content (AvgIpc) is 3.08. The number of halogens is 1. The number of benzene rings is 1. The zero-order valence-electron chi connectivity index (χ0n) is 15.3. The predicted molar refractivity (Wildman–Crippen MR) is 108 cm³/mol. The molecule has 0 saturated carbocycles. The molecule has 0 aliphatic carbocycles. The molecule has 3 aromatic rings. The van der Waals surface area contributed by atoms with Gasteiger partial charge in [-0.2, -0.15) is 0 Å². The Morgan fingerprint density at radius 3 is 2.33 bits per heavy atom. The van der Waals surface area contributed by atoms with Gasteiger partial charge in [-0.1, -0.05) is 6.92 Å². The molecule has 6 nitrogen and oxygen atoms in total. The zero-order valence-corrected chi connectivity index (χ0v) is 17.3. The van der Waals surface area contributed by atoms with Crippen molar-refractivity contribution in [2.45, 2.75) is 24.4 Å². The van der Waals surface area contributed by atoms with Crippen LogP contribution in [-0.2, 0) is 10.0 Å². The van der Waals surface area contributed by atoms with Crippen LogP contribution in [-0.4, -0.2) is 30.1 Å². The van der Waals surface area contributed by atoms with E-state index in [4.69, 9.17) is 10.1 Å². The maximum Gasteiger partial charge on any atom is 0.238 e. The number of pyridine rings is 1. The van der Waals surface area contributed by atoms with Gasteiger partial charge in [0.25, 0.3) is 0 Å². The average molecular weight is 408 g/mol. The minimum absolute atomic E-state index is 0.0785. The Morgan fingerprint density at radius 1 is 1.19 bits per heavy atom. The van der Waals surface area contributed by atoms with Crippen molar-refractivity contribution in [1.82, 2.24) is 14.5 Å². The van der Waals surface area contributed by atoms with Crippen molar-refractivity contribution < 1.29 is 12.8 Å². The number of hydrogen-bond acceptors (Lipinski definition) is 4. The molecule has 0 fully saturated rings. The third-order valence-corrected chi connectivity index (χ3v) is 5.04. The van der Waals surface area contributed by atoms with Crippen LogP contribution in [0.3, 0.4) is 0 Å². The van der Waals surface area contributed by atoms with Gasteiger partial charge in [0.2, 0.25) is 10.0 Å². The molecule has 0 aliphatic heterocycles. The summed E-state index contributed by atoms with van der Waals surface area (Å²) in [6, 6.07) is 8.43. The van der Waals surface area contributed by atoms with E-state index in [2.05, 4.69) is 14.2 Å². The summed E-state index contributed by atoms with van der Waals surface area (Å²) in [6.45, 7) is 4.02. The molecule has 0 bridgehead atoms. The van der Waals surface area contributed by atoms with Crippen LogP contribution in [0.2, 0.25) is 0 Å². The van der Waals surface area contributed by atoms with Crippen LogP contribution >= 0.6 is 9.24 Å². The zero-order chi connectivity index (χ0) is 20.2. The number of alkyl halides is 1. The number of aromatic nitrogens is 3. The van der Waals surface area contributed by atoms with Gasteiger partial charge < -0.3 is 0 Å². The topological polar surface area (TPSA) is 90.9 Å². The van der Waals surface area contributed by atoms with Gasteiger partial charge >= 0.3 is 0 Å². The Balaban J connectivity index is 0.00000126. The second kappa shape index (κ2) is 8.69. The fourth-order valence-corrected chi connectivity index (χ4v) is 3.17. The van der Waals surface area contributed by atoms with Crippen LogP contribution < -0.4 is 5.14 Å². The third-order valence-electron chi connectivity index (χ3n) is 3.77. The summed E-state index contributed by atoms with van der Waals surface area (Å²) in [6.07, 6.45) is 5.50. The van der Waals surface area contributed by atoms with Crippen LogP contribution in [0, 0.1) is 6.92 Å². The molecular formula is C18H22FN4O2PS. The number of nitrogens with zero attached hydrogens (tertiary/aromatic N) is 3. The first-order valence-electron chi connectivity index (χ1n) is 8.03. The third kappa shape index (κ3) is 4.97. The highest BCUT2D eigenvalue weighted by atomic mass is 32.2. The Kier molecular flexibility index (Phi) is 6.81. The van der Waals surface area contributed by atoms with Crippen LogP contribution in [0.1, 0.15) is 23.8 Å². The quantitative estimate of drug-likeness (QED) is 0.670. The van der Waals surface area contributed by atoms with E-state index in [1.54, 1.807) is 24.5 Å². The number of nitrogens with two attached hydrogens (primary N) is 1. The van der Waals surface area contributed by atoms with Gasteiger partial charge in [-0.25, -0.2) is 18.5 Å². The Hall–Kier alpha value is -2.15. The lowest BCUT2D eigenvalue weighted by atomic mass is 10.2. The first-order chi connectivity index (χ1) is 12.8. The predicted octanol–water partition coefficient (Wildman–Crippen LogP) is 3.41. The summed E-state index contributed by atoms with van der Waals surface area (Å²) in [5, 5.41) is 5.17. The monoisotopic (exact) mass is 408 g/mol. The first kappa shape index (κ1) is 21.2. The summed E-state index contributed by atoms with van der Waals surface area (Å²) >= 11 is 0. The van der Waals surface area contributed by atoms with E-state index in [1.165, 1.54) is 12.1 Å². The molecule has 2 heterocycles. The Bertz CT molecular complexity index is 1020. The second-order valence-electron chi connectivity index (χ2n) is 5.94. The molecule has 2 atom stereocenters. The van der Waals surface area contributed by atoms with E-state index >= 15 is 0 Å². The van der Waals surface area contributed by atoms with E-state index in [-0.39, 0.29) is 10.6 Å². The number of sulfonamides is 1. The van der Waals surface area contributed by atoms with Gasteiger partial charge in [0.1, 0.15) is 5.82 Å². The van der Waals surface area contributed by atoms with Crippen molar-refractivity contribution in [2.75, 3.05) is 7.18 Å². The standard InChI is InChI=1S/C17H19N4O2PS.CH3F/c1-11-7-13(9-19-8-11)17-20-16(12(2)24)10-21(17)14-3-5-15(6-4-14)25(18,22)23;1-2/h3-10,12H,24H2,1-2H3,(H2,18,22,23);1H3. The highest BCUT2D eigenvalue weighted by Crippen LogP contribution is 2.28. The minimum Gasteiger partial charge on any atom is -0.299 e. The van der Waals surface area contributed by atoms with E-state index < -0.39 is 10.0 Å². The highest BCUT2D eigenvalue weighted by Gasteiger charge is 2.15. The summed E-state index contributed by atoms with van der Waals surface area (Å²) in [4.78, 5) is 9.05. The highest BCUT2D eigenvalue weighted by molar-refractivity contribution is 7.89. The number of rotatable bonds is 4. The summed E-state index contributed by atoms with van der Waals surface area (Å²) in [7, 11) is -0.488. The van der Waals surface area contributed by atoms with Crippen molar-refractivity contribution in [3.05, 3.63) is 60.2 Å². The molecule has 144 valence electrons. The molecule has 2 unspecified atom stereocenters. The van der Waals surface area contributed by atoms with Gasteiger partial charge in [0, 0.05) is 35.5 Å². The molecule has 0 amide bonds. The van der Waals surface area contributed by atoms with Crippen molar-refractivity contribution in [1.29, 1.82) is 0 Å². The molecule has 0 spiro atoms. The molecule has 0 saturated heterocycles. The van der Waals surface area contributed by atoms with E-state index in [9.17, 15) is 12.8 Å². The van der Waals surface area contributed by atoms with Crippen molar-refractivity contribution in [2.24, 2.45) is 5.14 Å². The molecule has 2 aromatic heterocycles. The molecule has 0 radical (unpaired) electrons. The minimum atomic E-state index is -3.72. The number of primary sulfonamides is 1. The molecular weight excluding hydrogens is 386 g/mol. The van der Waals surface area contributed by atoms with Crippen molar-refractivity contribution >= 4 is 19.3 Å². The lowest BCUT2D eigenvalue weighted by molar-refractivity contribution is 0.598. The lowest BCUT2D eigenvalue weighted by Crippen LogP contribution is -2.12. The Morgan fingerprint density at radius 2 is 1.81 bits per heavy atom.